The Morgan fingerprint density at radius 3 is 1.84 bits per heavy atom. The van der Waals surface area contributed by atoms with Crippen LogP contribution in [0.25, 0.3) is 55.8 Å². The monoisotopic (exact) mass is 412 g/mol. The summed E-state index contributed by atoms with van der Waals surface area (Å²) < 4.78 is 6.05. The van der Waals surface area contributed by atoms with E-state index in [0.29, 0.717) is 0 Å². The quantitative estimate of drug-likeness (QED) is 0.299. The maximum Gasteiger partial charge on any atom is 0.160 e. The highest BCUT2D eigenvalue weighted by Gasteiger charge is 2.13. The SMILES string of the molecule is Cc1ccc2oc3ccc(-c4cc(-c5ccccc5)nc(-c5ccccc5)n4)cc3c2c1. The van der Waals surface area contributed by atoms with Crippen molar-refractivity contribution in [3.8, 4) is 33.9 Å². The Labute approximate surface area is 186 Å². The minimum Gasteiger partial charge on any atom is -0.456 e. The van der Waals surface area contributed by atoms with E-state index < -0.39 is 0 Å². The summed E-state index contributed by atoms with van der Waals surface area (Å²) in [6.45, 7) is 2.10. The number of aryl methyl sites for hydroxylation is 1. The average molecular weight is 412 g/mol. The van der Waals surface area contributed by atoms with Gasteiger partial charge in [-0.15, -0.1) is 0 Å². The van der Waals surface area contributed by atoms with Crippen LogP contribution in [0, 0.1) is 6.92 Å². The molecular weight excluding hydrogens is 392 g/mol. The van der Waals surface area contributed by atoms with Crippen molar-refractivity contribution in [1.82, 2.24) is 9.97 Å². The molecule has 0 bridgehead atoms. The van der Waals surface area contributed by atoms with Crippen LogP contribution in [-0.4, -0.2) is 9.97 Å². The summed E-state index contributed by atoms with van der Waals surface area (Å²) in [5.41, 5.74) is 7.90. The Morgan fingerprint density at radius 2 is 1.12 bits per heavy atom. The van der Waals surface area contributed by atoms with Gasteiger partial charge >= 0.3 is 0 Å². The summed E-state index contributed by atoms with van der Waals surface area (Å²) >= 11 is 0. The van der Waals surface area contributed by atoms with Crippen LogP contribution in [0.3, 0.4) is 0 Å². The molecule has 0 aliphatic rings. The molecule has 0 spiro atoms. The molecule has 3 heteroatoms. The molecular formula is C29H20N2O. The summed E-state index contributed by atoms with van der Waals surface area (Å²) in [5.74, 6) is 0.718. The molecule has 0 unspecified atom stereocenters. The second-order valence-corrected chi connectivity index (χ2v) is 8.01. The standard InChI is InChI=1S/C29H20N2O/c1-19-12-14-27-23(16-19)24-17-22(13-15-28(24)32-27)26-18-25(20-8-4-2-5-9-20)30-29(31-26)21-10-6-3-7-11-21/h2-18H,1H3. The molecule has 2 heterocycles. The van der Waals surface area contributed by atoms with Gasteiger partial charge in [-0.3, -0.25) is 0 Å². The fourth-order valence-corrected chi connectivity index (χ4v) is 4.12. The Morgan fingerprint density at radius 1 is 0.531 bits per heavy atom. The number of benzene rings is 4. The van der Waals surface area contributed by atoms with Gasteiger partial charge in [0.2, 0.25) is 0 Å². The van der Waals surface area contributed by atoms with Crippen molar-refractivity contribution in [2.45, 2.75) is 6.92 Å². The van der Waals surface area contributed by atoms with Crippen LogP contribution >= 0.6 is 0 Å². The van der Waals surface area contributed by atoms with Crippen molar-refractivity contribution in [1.29, 1.82) is 0 Å². The summed E-state index contributed by atoms with van der Waals surface area (Å²) in [4.78, 5) is 9.83. The Bertz CT molecular complexity index is 1510. The zero-order valence-electron chi connectivity index (χ0n) is 17.6. The van der Waals surface area contributed by atoms with Crippen molar-refractivity contribution in [2.24, 2.45) is 0 Å². The lowest BCUT2D eigenvalue weighted by atomic mass is 10.0. The lowest BCUT2D eigenvalue weighted by Crippen LogP contribution is -1.95. The molecule has 152 valence electrons. The van der Waals surface area contributed by atoms with Crippen LogP contribution in [-0.2, 0) is 0 Å². The van der Waals surface area contributed by atoms with Gasteiger partial charge in [-0.2, -0.15) is 0 Å². The zero-order valence-corrected chi connectivity index (χ0v) is 17.6. The molecule has 0 aliphatic carbocycles. The molecule has 0 amide bonds. The van der Waals surface area contributed by atoms with Crippen molar-refractivity contribution in [3.05, 3.63) is 109 Å². The van der Waals surface area contributed by atoms with E-state index in [1.54, 1.807) is 0 Å². The molecule has 32 heavy (non-hydrogen) atoms. The molecule has 0 radical (unpaired) electrons. The first-order valence-corrected chi connectivity index (χ1v) is 10.7. The smallest absolute Gasteiger partial charge is 0.160 e. The number of hydrogen-bond acceptors (Lipinski definition) is 3. The predicted molar refractivity (Wildman–Crippen MR) is 130 cm³/mol. The number of furan rings is 1. The highest BCUT2D eigenvalue weighted by molar-refractivity contribution is 6.06. The topological polar surface area (TPSA) is 38.9 Å². The zero-order chi connectivity index (χ0) is 21.5. The van der Waals surface area contributed by atoms with Gasteiger partial charge in [0, 0.05) is 27.5 Å². The largest absolute Gasteiger partial charge is 0.456 e. The van der Waals surface area contributed by atoms with Crippen molar-refractivity contribution >= 4 is 21.9 Å². The van der Waals surface area contributed by atoms with Gasteiger partial charge in [0.15, 0.2) is 5.82 Å². The fraction of sp³-hybridized carbons (Fsp3) is 0.0345. The molecule has 0 aliphatic heterocycles. The second kappa shape index (κ2) is 7.47. The van der Waals surface area contributed by atoms with E-state index in [2.05, 4.69) is 49.4 Å². The first kappa shape index (κ1) is 18.5. The van der Waals surface area contributed by atoms with E-state index in [1.165, 1.54) is 5.56 Å². The van der Waals surface area contributed by atoms with Gasteiger partial charge in [-0.1, -0.05) is 72.3 Å². The molecule has 0 saturated heterocycles. The number of aromatic nitrogens is 2. The molecule has 4 aromatic carbocycles. The van der Waals surface area contributed by atoms with Crippen LogP contribution in [0.5, 0.6) is 0 Å². The van der Waals surface area contributed by atoms with Gasteiger partial charge in [-0.25, -0.2) is 9.97 Å². The van der Waals surface area contributed by atoms with E-state index in [1.807, 2.05) is 60.7 Å². The van der Waals surface area contributed by atoms with Crippen molar-refractivity contribution < 1.29 is 4.42 Å². The molecule has 3 nitrogen and oxygen atoms in total. The number of nitrogens with zero attached hydrogens (tertiary/aromatic N) is 2. The number of fused-ring (bicyclic) bond motifs is 3. The van der Waals surface area contributed by atoms with Crippen LogP contribution < -0.4 is 0 Å². The van der Waals surface area contributed by atoms with Crippen LogP contribution in [0.4, 0.5) is 0 Å². The molecule has 2 aromatic heterocycles. The summed E-state index contributed by atoms with van der Waals surface area (Å²) in [6, 6.07) is 35.0. The molecule has 0 N–H and O–H groups in total. The van der Waals surface area contributed by atoms with Gasteiger partial charge in [-0.05, 0) is 43.3 Å². The Hall–Kier alpha value is -4.24. The number of hydrogen-bond donors (Lipinski definition) is 0. The molecule has 6 aromatic rings. The minimum atomic E-state index is 0.718. The molecule has 0 fully saturated rings. The second-order valence-electron chi connectivity index (χ2n) is 8.01. The fourth-order valence-electron chi connectivity index (χ4n) is 4.12. The highest BCUT2D eigenvalue weighted by Crippen LogP contribution is 2.34. The highest BCUT2D eigenvalue weighted by atomic mass is 16.3. The maximum absolute atomic E-state index is 6.05. The normalized spacial score (nSPS) is 11.3. The van der Waals surface area contributed by atoms with Gasteiger partial charge < -0.3 is 4.42 Å². The van der Waals surface area contributed by atoms with Crippen LogP contribution in [0.15, 0.2) is 108 Å². The lowest BCUT2D eigenvalue weighted by molar-refractivity contribution is 0.669. The molecule has 6 rings (SSSR count). The van der Waals surface area contributed by atoms with Crippen molar-refractivity contribution in [3.63, 3.8) is 0 Å². The molecule has 0 atom stereocenters. The van der Waals surface area contributed by atoms with Crippen LogP contribution in [0.2, 0.25) is 0 Å². The Kier molecular flexibility index (Phi) is 4.32. The first-order chi connectivity index (χ1) is 15.7. The third-order valence-electron chi connectivity index (χ3n) is 5.75. The average Bonchev–Trinajstić information content (AvgIpc) is 3.22. The van der Waals surface area contributed by atoms with E-state index in [4.69, 9.17) is 14.4 Å². The predicted octanol–water partition coefficient (Wildman–Crippen LogP) is 7.69. The maximum atomic E-state index is 6.05. The van der Waals surface area contributed by atoms with Gasteiger partial charge in [0.25, 0.3) is 0 Å². The van der Waals surface area contributed by atoms with Gasteiger partial charge in [0.1, 0.15) is 11.2 Å². The molecule has 0 saturated carbocycles. The number of rotatable bonds is 3. The van der Waals surface area contributed by atoms with E-state index in [-0.39, 0.29) is 0 Å². The van der Waals surface area contributed by atoms with Gasteiger partial charge in [0.05, 0.1) is 11.4 Å². The summed E-state index contributed by atoms with van der Waals surface area (Å²) in [7, 11) is 0. The Balaban J connectivity index is 1.58. The minimum absolute atomic E-state index is 0.718. The first-order valence-electron chi connectivity index (χ1n) is 10.7. The van der Waals surface area contributed by atoms with Crippen LogP contribution in [0.1, 0.15) is 5.56 Å². The summed E-state index contributed by atoms with van der Waals surface area (Å²) in [5, 5.41) is 2.23. The van der Waals surface area contributed by atoms with E-state index in [9.17, 15) is 0 Å². The third-order valence-corrected chi connectivity index (χ3v) is 5.75. The van der Waals surface area contributed by atoms with Crippen molar-refractivity contribution in [2.75, 3.05) is 0 Å². The third kappa shape index (κ3) is 3.25. The van der Waals surface area contributed by atoms with E-state index >= 15 is 0 Å². The van der Waals surface area contributed by atoms with E-state index in [0.717, 1.165) is 55.8 Å². The lowest BCUT2D eigenvalue weighted by Gasteiger charge is -2.09. The summed E-state index contributed by atoms with van der Waals surface area (Å²) in [6.07, 6.45) is 0.